The summed E-state index contributed by atoms with van der Waals surface area (Å²) in [6, 6.07) is 13.8. The van der Waals surface area contributed by atoms with Gasteiger partial charge in [0.05, 0.1) is 17.8 Å². The van der Waals surface area contributed by atoms with Gasteiger partial charge in [-0.2, -0.15) is 13.1 Å². The van der Waals surface area contributed by atoms with Crippen LogP contribution in [0.2, 0.25) is 0 Å². The van der Waals surface area contributed by atoms with Gasteiger partial charge < -0.3 is 5.11 Å². The average Bonchev–Trinajstić information content (AvgIpc) is 3.03. The van der Waals surface area contributed by atoms with E-state index in [2.05, 4.69) is 8.75 Å². The first kappa shape index (κ1) is 16.0. The molecule has 0 aliphatic rings. The number of hydrogen-bond donors (Lipinski definition) is 1. The first-order valence-corrected chi connectivity index (χ1v) is 9.08. The van der Waals surface area contributed by atoms with Crippen molar-refractivity contribution in [3.8, 4) is 0 Å². The van der Waals surface area contributed by atoms with Crippen LogP contribution < -0.4 is 0 Å². The summed E-state index contributed by atoms with van der Waals surface area (Å²) in [4.78, 5) is 0.103. The number of rotatable bonds is 5. The molecule has 3 rings (SSSR count). The molecule has 8 heteroatoms. The molecule has 2 aromatic carbocycles. The van der Waals surface area contributed by atoms with Crippen molar-refractivity contribution in [3.63, 3.8) is 0 Å². The molecule has 0 saturated carbocycles. The van der Waals surface area contributed by atoms with Crippen LogP contribution in [0.1, 0.15) is 11.7 Å². The van der Waals surface area contributed by atoms with Gasteiger partial charge in [-0.25, -0.2) is 8.42 Å². The number of aliphatic hydroxyl groups is 1. The van der Waals surface area contributed by atoms with E-state index in [-0.39, 0.29) is 11.4 Å². The Morgan fingerprint density at radius 3 is 2.61 bits per heavy atom. The van der Waals surface area contributed by atoms with Gasteiger partial charge in [0.1, 0.15) is 15.9 Å². The van der Waals surface area contributed by atoms with E-state index in [0.29, 0.717) is 16.6 Å². The standard InChI is InChI=1S/C15H15N3O3S2/c1-18(10-13(19)11-6-3-2-4-7-11)23(20,21)14-9-5-8-12-15(14)17-22-16-12/h2-9,13,19H,10H2,1H3. The summed E-state index contributed by atoms with van der Waals surface area (Å²) in [7, 11) is -2.32. The number of nitrogens with zero attached hydrogens (tertiary/aromatic N) is 3. The molecule has 0 aliphatic carbocycles. The zero-order chi connectivity index (χ0) is 16.4. The lowest BCUT2D eigenvalue weighted by Crippen LogP contribution is -2.31. The van der Waals surface area contributed by atoms with Crippen molar-refractivity contribution < 1.29 is 13.5 Å². The van der Waals surface area contributed by atoms with Crippen molar-refractivity contribution >= 4 is 32.8 Å². The van der Waals surface area contributed by atoms with E-state index < -0.39 is 16.1 Å². The molecule has 120 valence electrons. The van der Waals surface area contributed by atoms with Crippen LogP contribution in [0.3, 0.4) is 0 Å². The Labute approximate surface area is 138 Å². The van der Waals surface area contributed by atoms with Gasteiger partial charge in [-0.1, -0.05) is 36.4 Å². The summed E-state index contributed by atoms with van der Waals surface area (Å²) in [5, 5.41) is 10.2. The first-order valence-electron chi connectivity index (χ1n) is 6.91. The minimum atomic E-state index is -3.76. The SMILES string of the molecule is CN(CC(O)c1ccccc1)S(=O)(=O)c1cccc2nsnc12. The van der Waals surface area contributed by atoms with Crippen LogP contribution >= 0.6 is 11.7 Å². The monoisotopic (exact) mass is 349 g/mol. The van der Waals surface area contributed by atoms with Gasteiger partial charge in [-0.3, -0.25) is 0 Å². The van der Waals surface area contributed by atoms with E-state index in [1.165, 1.54) is 13.1 Å². The van der Waals surface area contributed by atoms with Crippen molar-refractivity contribution in [2.75, 3.05) is 13.6 Å². The zero-order valence-corrected chi connectivity index (χ0v) is 14.0. The summed E-state index contributed by atoms with van der Waals surface area (Å²) >= 11 is 0.973. The molecule has 1 N–H and O–H groups in total. The second-order valence-corrected chi connectivity index (χ2v) is 7.64. The smallest absolute Gasteiger partial charge is 0.245 e. The Morgan fingerprint density at radius 1 is 1.13 bits per heavy atom. The Hall–Kier alpha value is -1.87. The van der Waals surface area contributed by atoms with Gasteiger partial charge in [-0.15, -0.1) is 0 Å². The predicted octanol–water partition coefficient (Wildman–Crippen LogP) is 2.05. The fourth-order valence-corrected chi connectivity index (χ4v) is 4.21. The summed E-state index contributed by atoms with van der Waals surface area (Å²) in [5.41, 5.74) is 1.58. The summed E-state index contributed by atoms with van der Waals surface area (Å²) < 4.78 is 34.8. The first-order chi connectivity index (χ1) is 11.0. The molecule has 23 heavy (non-hydrogen) atoms. The van der Waals surface area contributed by atoms with Gasteiger partial charge in [-0.05, 0) is 17.7 Å². The Morgan fingerprint density at radius 2 is 1.87 bits per heavy atom. The maximum absolute atomic E-state index is 12.8. The van der Waals surface area contributed by atoms with Crippen LogP contribution in [0.4, 0.5) is 0 Å². The van der Waals surface area contributed by atoms with Crippen molar-refractivity contribution in [1.29, 1.82) is 0 Å². The molecule has 0 fully saturated rings. The molecule has 3 aromatic rings. The van der Waals surface area contributed by atoms with E-state index in [1.54, 1.807) is 36.4 Å². The number of fused-ring (bicyclic) bond motifs is 1. The number of aromatic nitrogens is 2. The summed E-state index contributed by atoms with van der Waals surface area (Å²) in [6.45, 7) is -0.0414. The second kappa shape index (κ2) is 6.32. The van der Waals surface area contributed by atoms with Crippen LogP contribution in [-0.2, 0) is 10.0 Å². The predicted molar refractivity (Wildman–Crippen MR) is 88.6 cm³/mol. The van der Waals surface area contributed by atoms with Crippen molar-refractivity contribution in [2.45, 2.75) is 11.0 Å². The van der Waals surface area contributed by atoms with Crippen molar-refractivity contribution in [2.24, 2.45) is 0 Å². The third-order valence-corrected chi connectivity index (χ3v) is 5.95. The normalized spacial score (nSPS) is 13.5. The van der Waals surface area contributed by atoms with Gasteiger partial charge >= 0.3 is 0 Å². The van der Waals surface area contributed by atoms with Gasteiger partial charge in [0.2, 0.25) is 10.0 Å². The highest BCUT2D eigenvalue weighted by Crippen LogP contribution is 2.25. The molecule has 0 bridgehead atoms. The van der Waals surface area contributed by atoms with Crippen LogP contribution in [0.5, 0.6) is 0 Å². The quantitative estimate of drug-likeness (QED) is 0.762. The fraction of sp³-hybridized carbons (Fsp3) is 0.200. The Bertz CT molecular complexity index is 910. The lowest BCUT2D eigenvalue weighted by molar-refractivity contribution is 0.155. The zero-order valence-electron chi connectivity index (χ0n) is 12.3. The minimum absolute atomic E-state index is 0.0414. The summed E-state index contributed by atoms with van der Waals surface area (Å²) in [5.74, 6) is 0. The van der Waals surface area contributed by atoms with Crippen LogP contribution in [-0.4, -0.2) is 40.2 Å². The number of aliphatic hydroxyl groups excluding tert-OH is 1. The molecular weight excluding hydrogens is 334 g/mol. The summed E-state index contributed by atoms with van der Waals surface area (Å²) in [6.07, 6.45) is -0.899. The molecule has 0 amide bonds. The lowest BCUT2D eigenvalue weighted by atomic mass is 10.1. The van der Waals surface area contributed by atoms with E-state index in [0.717, 1.165) is 16.0 Å². The number of sulfonamides is 1. The Balaban J connectivity index is 1.89. The van der Waals surface area contributed by atoms with Crippen LogP contribution in [0.15, 0.2) is 53.4 Å². The highest BCUT2D eigenvalue weighted by Gasteiger charge is 2.26. The highest BCUT2D eigenvalue weighted by molar-refractivity contribution is 7.89. The Kier molecular flexibility index (Phi) is 4.40. The van der Waals surface area contributed by atoms with E-state index >= 15 is 0 Å². The largest absolute Gasteiger partial charge is 0.387 e. The van der Waals surface area contributed by atoms with E-state index in [4.69, 9.17) is 0 Å². The highest BCUT2D eigenvalue weighted by atomic mass is 32.2. The maximum Gasteiger partial charge on any atom is 0.245 e. The topological polar surface area (TPSA) is 83.4 Å². The van der Waals surface area contributed by atoms with Crippen molar-refractivity contribution in [1.82, 2.24) is 13.1 Å². The molecule has 1 aromatic heterocycles. The van der Waals surface area contributed by atoms with Gasteiger partial charge in [0.25, 0.3) is 0 Å². The molecular formula is C15H15N3O3S2. The minimum Gasteiger partial charge on any atom is -0.387 e. The average molecular weight is 349 g/mol. The van der Waals surface area contributed by atoms with Crippen LogP contribution in [0, 0.1) is 0 Å². The third kappa shape index (κ3) is 3.11. The third-order valence-electron chi connectivity index (χ3n) is 3.55. The molecule has 0 aliphatic heterocycles. The van der Waals surface area contributed by atoms with E-state index in [9.17, 15) is 13.5 Å². The van der Waals surface area contributed by atoms with E-state index in [1.807, 2.05) is 6.07 Å². The van der Waals surface area contributed by atoms with Gasteiger partial charge in [0, 0.05) is 13.6 Å². The molecule has 0 radical (unpaired) electrons. The number of benzene rings is 2. The second-order valence-electron chi connectivity index (χ2n) is 5.10. The fourth-order valence-electron chi connectivity index (χ4n) is 2.28. The van der Waals surface area contributed by atoms with Gasteiger partial charge in [0.15, 0.2) is 0 Å². The van der Waals surface area contributed by atoms with Crippen LogP contribution in [0.25, 0.3) is 11.0 Å². The number of likely N-dealkylation sites (N-methyl/N-ethyl adjacent to an activating group) is 1. The lowest BCUT2D eigenvalue weighted by Gasteiger charge is -2.21. The molecule has 1 heterocycles. The molecule has 0 spiro atoms. The van der Waals surface area contributed by atoms with Crippen molar-refractivity contribution in [3.05, 3.63) is 54.1 Å². The number of hydrogen-bond acceptors (Lipinski definition) is 6. The molecule has 1 unspecified atom stereocenters. The maximum atomic E-state index is 12.8. The molecule has 0 saturated heterocycles. The molecule has 6 nitrogen and oxygen atoms in total. The molecule has 1 atom stereocenters.